The van der Waals surface area contributed by atoms with E-state index in [-0.39, 0.29) is 12.2 Å². The van der Waals surface area contributed by atoms with Gasteiger partial charge in [0.05, 0.1) is 30.7 Å². The van der Waals surface area contributed by atoms with Crippen molar-refractivity contribution in [2.24, 2.45) is 5.41 Å². The Bertz CT molecular complexity index is 589. The van der Waals surface area contributed by atoms with Crippen molar-refractivity contribution in [1.82, 2.24) is 0 Å². The van der Waals surface area contributed by atoms with Crippen molar-refractivity contribution >= 4 is 17.9 Å². The number of carboxylic acid groups (broad SMARTS) is 2. The first kappa shape index (κ1) is 17.6. The van der Waals surface area contributed by atoms with Crippen molar-refractivity contribution in [2.75, 3.05) is 19.8 Å². The lowest BCUT2D eigenvalue weighted by Crippen LogP contribution is -2.33. The average Bonchev–Trinajstić information content (AvgIpc) is 2.51. The van der Waals surface area contributed by atoms with Gasteiger partial charge < -0.3 is 34.8 Å². The molecule has 0 saturated heterocycles. The minimum absolute atomic E-state index is 0.206. The summed E-state index contributed by atoms with van der Waals surface area (Å²) < 4.78 is 4.87. The van der Waals surface area contributed by atoms with Crippen LogP contribution in [0.25, 0.3) is 0 Å². The lowest BCUT2D eigenvalue weighted by Gasteiger charge is -2.23. The molecule has 0 aliphatic rings. The van der Waals surface area contributed by atoms with Gasteiger partial charge in [0.1, 0.15) is 6.61 Å². The molecular weight excluding hydrogens is 296 g/mol. The van der Waals surface area contributed by atoms with E-state index in [2.05, 4.69) is 0 Å². The largest absolute Gasteiger partial charge is 0.545 e. The summed E-state index contributed by atoms with van der Waals surface area (Å²) >= 11 is 0. The van der Waals surface area contributed by atoms with Crippen LogP contribution in [-0.2, 0) is 4.74 Å². The van der Waals surface area contributed by atoms with Crippen LogP contribution in [0.3, 0.4) is 0 Å². The molecule has 1 aromatic rings. The fourth-order valence-corrected chi connectivity index (χ4v) is 1.48. The molecule has 0 atom stereocenters. The van der Waals surface area contributed by atoms with E-state index in [1.54, 1.807) is 0 Å². The zero-order chi connectivity index (χ0) is 16.9. The van der Waals surface area contributed by atoms with Gasteiger partial charge in [0.15, 0.2) is 0 Å². The van der Waals surface area contributed by atoms with Crippen molar-refractivity contribution in [3.8, 4) is 0 Å². The highest BCUT2D eigenvalue weighted by atomic mass is 16.5. The number of aromatic carboxylic acids is 2. The van der Waals surface area contributed by atoms with E-state index >= 15 is 0 Å². The number of rotatable bonds is 7. The summed E-state index contributed by atoms with van der Waals surface area (Å²) in [6.07, 6.45) is 0. The highest BCUT2D eigenvalue weighted by Crippen LogP contribution is 2.17. The quantitative estimate of drug-likeness (QED) is 0.528. The van der Waals surface area contributed by atoms with Gasteiger partial charge in [-0.15, -0.1) is 0 Å². The Kier molecular flexibility index (Phi) is 5.61. The van der Waals surface area contributed by atoms with Crippen molar-refractivity contribution in [1.29, 1.82) is 0 Å². The number of benzene rings is 1. The van der Waals surface area contributed by atoms with Crippen molar-refractivity contribution in [2.45, 2.75) is 6.92 Å². The minimum Gasteiger partial charge on any atom is -0.545 e. The molecule has 0 aliphatic heterocycles. The molecule has 2 N–H and O–H groups in total. The summed E-state index contributed by atoms with van der Waals surface area (Å²) in [6, 6.07) is 2.77. The normalized spacial score (nSPS) is 11.0. The third-order valence-corrected chi connectivity index (χ3v) is 3.01. The number of aliphatic hydroxyl groups is 2. The highest BCUT2D eigenvalue weighted by molar-refractivity contribution is 6.02. The molecule has 1 rings (SSSR count). The molecule has 120 valence electrons. The van der Waals surface area contributed by atoms with E-state index in [0.29, 0.717) is 0 Å². The van der Waals surface area contributed by atoms with Gasteiger partial charge in [0.25, 0.3) is 0 Å². The van der Waals surface area contributed by atoms with Crippen LogP contribution in [0.4, 0.5) is 0 Å². The summed E-state index contributed by atoms with van der Waals surface area (Å²) in [6.45, 7) is 0.323. The SMILES string of the molecule is CC(CO)(CO)COC(=O)c1ccc(C(=O)[O-])c(C(=O)[O-])c1. The molecule has 0 spiro atoms. The molecule has 0 fully saturated rings. The van der Waals surface area contributed by atoms with Crippen molar-refractivity contribution in [3.63, 3.8) is 0 Å². The molecule has 0 amide bonds. The Morgan fingerprint density at radius 1 is 1.09 bits per heavy atom. The van der Waals surface area contributed by atoms with Crippen LogP contribution in [0.1, 0.15) is 38.0 Å². The van der Waals surface area contributed by atoms with E-state index in [1.165, 1.54) is 6.92 Å². The lowest BCUT2D eigenvalue weighted by atomic mass is 9.94. The summed E-state index contributed by atoms with van der Waals surface area (Å²) in [4.78, 5) is 33.5. The minimum atomic E-state index is -1.77. The molecule has 0 bridgehead atoms. The van der Waals surface area contributed by atoms with Gasteiger partial charge in [-0.2, -0.15) is 0 Å². The predicted molar refractivity (Wildman–Crippen MR) is 67.7 cm³/mol. The standard InChI is InChI=1S/C14H16O8/c1-14(5-15,6-16)7-22-13(21)8-2-3-9(11(17)18)10(4-8)12(19)20/h2-4,15-16H,5-7H2,1H3,(H,17,18)(H,19,20)/p-2. The predicted octanol–water partition coefficient (Wildman–Crippen LogP) is -2.44. The summed E-state index contributed by atoms with van der Waals surface area (Å²) in [7, 11) is 0. The van der Waals surface area contributed by atoms with Crippen LogP contribution in [0, 0.1) is 5.41 Å². The lowest BCUT2D eigenvalue weighted by molar-refractivity contribution is -0.259. The first-order valence-electron chi connectivity index (χ1n) is 6.19. The maximum atomic E-state index is 11.8. The Hall–Kier alpha value is -2.45. The van der Waals surface area contributed by atoms with Gasteiger partial charge in [-0.25, -0.2) is 4.79 Å². The number of carbonyl (C=O) groups excluding carboxylic acids is 3. The monoisotopic (exact) mass is 310 g/mol. The van der Waals surface area contributed by atoms with Crippen LogP contribution in [-0.4, -0.2) is 47.9 Å². The van der Waals surface area contributed by atoms with E-state index in [4.69, 9.17) is 14.9 Å². The van der Waals surface area contributed by atoms with E-state index in [0.717, 1.165) is 18.2 Å². The number of hydrogen-bond acceptors (Lipinski definition) is 8. The van der Waals surface area contributed by atoms with E-state index in [9.17, 15) is 24.6 Å². The third-order valence-electron chi connectivity index (χ3n) is 3.01. The highest BCUT2D eigenvalue weighted by Gasteiger charge is 2.25. The second-order valence-corrected chi connectivity index (χ2v) is 5.04. The third kappa shape index (κ3) is 4.03. The average molecular weight is 310 g/mol. The molecule has 8 heteroatoms. The van der Waals surface area contributed by atoms with Gasteiger partial charge in [0.2, 0.25) is 0 Å². The second kappa shape index (κ2) is 7.01. The van der Waals surface area contributed by atoms with Gasteiger partial charge in [-0.1, -0.05) is 13.0 Å². The fourth-order valence-electron chi connectivity index (χ4n) is 1.48. The van der Waals surface area contributed by atoms with Crippen LogP contribution in [0.5, 0.6) is 0 Å². The molecule has 0 aromatic heterocycles. The number of ether oxygens (including phenoxy) is 1. The molecule has 0 radical (unpaired) electrons. The second-order valence-electron chi connectivity index (χ2n) is 5.04. The van der Waals surface area contributed by atoms with E-state index < -0.39 is 47.7 Å². The number of aliphatic hydroxyl groups excluding tert-OH is 2. The van der Waals surface area contributed by atoms with Gasteiger partial charge in [-0.3, -0.25) is 0 Å². The Labute approximate surface area is 125 Å². The number of carbonyl (C=O) groups is 3. The van der Waals surface area contributed by atoms with Gasteiger partial charge in [-0.05, 0) is 12.1 Å². The maximum absolute atomic E-state index is 11.8. The number of esters is 1. The van der Waals surface area contributed by atoms with Crippen LogP contribution in [0.15, 0.2) is 18.2 Å². The smallest absolute Gasteiger partial charge is 0.338 e. The molecule has 0 aliphatic carbocycles. The van der Waals surface area contributed by atoms with Crippen LogP contribution < -0.4 is 10.2 Å². The van der Waals surface area contributed by atoms with Gasteiger partial charge >= 0.3 is 5.97 Å². The summed E-state index contributed by atoms with van der Waals surface area (Å²) in [5, 5.41) is 39.8. The van der Waals surface area contributed by atoms with Crippen molar-refractivity contribution < 1.29 is 39.5 Å². The van der Waals surface area contributed by atoms with Crippen LogP contribution in [0.2, 0.25) is 0 Å². The molecule has 0 saturated carbocycles. The topological polar surface area (TPSA) is 147 Å². The van der Waals surface area contributed by atoms with Crippen molar-refractivity contribution in [3.05, 3.63) is 34.9 Å². The molecular formula is C14H14O8-2. The summed E-state index contributed by atoms with van der Waals surface area (Å²) in [5.74, 6) is -4.42. The van der Waals surface area contributed by atoms with Gasteiger partial charge in [0, 0.05) is 16.5 Å². The molecule has 8 nitrogen and oxygen atoms in total. The van der Waals surface area contributed by atoms with E-state index in [1.807, 2.05) is 0 Å². The molecule has 1 aromatic carbocycles. The Morgan fingerprint density at radius 2 is 1.64 bits per heavy atom. The first-order valence-corrected chi connectivity index (χ1v) is 6.19. The molecule has 22 heavy (non-hydrogen) atoms. The molecule has 0 unspecified atom stereocenters. The summed E-state index contributed by atoms with van der Waals surface area (Å²) in [5.41, 5.74) is -2.58. The zero-order valence-electron chi connectivity index (χ0n) is 11.7. The number of carboxylic acids is 2. The maximum Gasteiger partial charge on any atom is 0.338 e. The molecule has 0 heterocycles. The Morgan fingerprint density at radius 3 is 2.09 bits per heavy atom. The Balaban J connectivity index is 2.98. The number of hydrogen-bond donors (Lipinski definition) is 2. The van der Waals surface area contributed by atoms with Crippen LogP contribution >= 0.6 is 0 Å². The first-order chi connectivity index (χ1) is 10.2. The zero-order valence-corrected chi connectivity index (χ0v) is 11.7. The fraction of sp³-hybridized carbons (Fsp3) is 0.357.